The minimum Gasteiger partial charge on any atom is -0.322 e. The van der Waals surface area contributed by atoms with Crippen molar-refractivity contribution < 1.29 is 13.2 Å². The van der Waals surface area contributed by atoms with Crippen LogP contribution >= 0.6 is 11.6 Å². The number of nitrogens with one attached hydrogen (secondary N) is 1. The van der Waals surface area contributed by atoms with Gasteiger partial charge in [0, 0.05) is 24.3 Å². The minimum atomic E-state index is -3.43. The van der Waals surface area contributed by atoms with E-state index >= 15 is 0 Å². The number of carbonyl (C=O) groups is 1. The van der Waals surface area contributed by atoms with E-state index < -0.39 is 15.7 Å². The van der Waals surface area contributed by atoms with E-state index in [1.54, 1.807) is 24.5 Å². The number of sulfone groups is 1. The van der Waals surface area contributed by atoms with Crippen molar-refractivity contribution in [3.05, 3.63) is 88.7 Å². The number of hydrogen-bond acceptors (Lipinski definition) is 4. The smallest absolute Gasteiger partial charge is 0.257 e. The van der Waals surface area contributed by atoms with E-state index in [4.69, 9.17) is 11.6 Å². The largest absolute Gasteiger partial charge is 0.322 e. The summed E-state index contributed by atoms with van der Waals surface area (Å²) in [5.41, 5.74) is 2.95. The third-order valence-electron chi connectivity index (χ3n) is 3.98. The van der Waals surface area contributed by atoms with Gasteiger partial charge in [-0.3, -0.25) is 9.78 Å². The summed E-state index contributed by atoms with van der Waals surface area (Å²) in [6, 6.07) is 15.4. The summed E-state index contributed by atoms with van der Waals surface area (Å²) < 4.78 is 23.4. The molecule has 1 heterocycles. The first-order chi connectivity index (χ1) is 12.8. The lowest BCUT2D eigenvalue weighted by Gasteiger charge is -2.09. The first-order valence-electron chi connectivity index (χ1n) is 8.12. The Morgan fingerprint density at radius 3 is 2.26 bits per heavy atom. The molecule has 0 aliphatic carbocycles. The molecule has 1 amide bonds. The highest BCUT2D eigenvalue weighted by Crippen LogP contribution is 2.22. The molecule has 1 N–H and O–H groups in total. The zero-order chi connectivity index (χ0) is 19.4. The molecule has 3 aromatic rings. The molecule has 0 aliphatic rings. The summed E-state index contributed by atoms with van der Waals surface area (Å²) in [5, 5.41) is 2.93. The lowest BCUT2D eigenvalue weighted by atomic mass is 10.1. The third-order valence-corrected chi connectivity index (χ3v) is 5.42. The molecular weight excluding hydrogens is 384 g/mol. The van der Waals surface area contributed by atoms with Crippen LogP contribution in [0.3, 0.4) is 0 Å². The Bertz CT molecular complexity index is 1070. The van der Waals surface area contributed by atoms with Crippen LogP contribution in [0.5, 0.6) is 0 Å². The van der Waals surface area contributed by atoms with Gasteiger partial charge in [0.2, 0.25) is 0 Å². The van der Waals surface area contributed by atoms with Gasteiger partial charge in [0.1, 0.15) is 0 Å². The van der Waals surface area contributed by atoms with Crippen molar-refractivity contribution in [3.8, 4) is 0 Å². The number of amides is 1. The quantitative estimate of drug-likeness (QED) is 0.702. The van der Waals surface area contributed by atoms with Gasteiger partial charge in [-0.2, -0.15) is 0 Å². The molecule has 0 fully saturated rings. The number of aromatic nitrogens is 1. The van der Waals surface area contributed by atoms with Gasteiger partial charge in [0.25, 0.3) is 5.91 Å². The van der Waals surface area contributed by atoms with Crippen molar-refractivity contribution in [2.75, 3.05) is 11.6 Å². The van der Waals surface area contributed by atoms with E-state index in [-0.39, 0.29) is 15.5 Å². The number of benzene rings is 2. The van der Waals surface area contributed by atoms with Gasteiger partial charge in [-0.05, 0) is 60.0 Å². The molecule has 3 rings (SSSR count). The second-order valence-electron chi connectivity index (χ2n) is 6.10. The molecule has 0 atom stereocenters. The van der Waals surface area contributed by atoms with Crippen LogP contribution in [0.4, 0.5) is 5.69 Å². The first kappa shape index (κ1) is 19.1. The SMILES string of the molecule is CS(=O)(=O)c1ccc(Cl)c(C(=O)Nc2ccc(Cc3ccncc3)cc2)c1. The summed E-state index contributed by atoms with van der Waals surface area (Å²) in [4.78, 5) is 16.5. The van der Waals surface area contributed by atoms with Gasteiger partial charge in [-0.1, -0.05) is 23.7 Å². The van der Waals surface area contributed by atoms with Gasteiger partial charge in [-0.15, -0.1) is 0 Å². The van der Waals surface area contributed by atoms with Crippen molar-refractivity contribution in [2.24, 2.45) is 0 Å². The molecule has 1 aromatic heterocycles. The second kappa shape index (κ2) is 7.90. The summed E-state index contributed by atoms with van der Waals surface area (Å²) in [7, 11) is -3.43. The minimum absolute atomic E-state index is 0.0461. The second-order valence-corrected chi connectivity index (χ2v) is 8.52. The summed E-state index contributed by atoms with van der Waals surface area (Å²) in [6.07, 6.45) is 5.34. The van der Waals surface area contributed by atoms with Crippen LogP contribution in [-0.4, -0.2) is 25.6 Å². The molecule has 0 bridgehead atoms. The van der Waals surface area contributed by atoms with Gasteiger partial charge in [0.05, 0.1) is 15.5 Å². The van der Waals surface area contributed by atoms with Crippen LogP contribution in [0.1, 0.15) is 21.5 Å². The molecule has 0 spiro atoms. The number of halogens is 1. The van der Waals surface area contributed by atoms with Crippen molar-refractivity contribution in [2.45, 2.75) is 11.3 Å². The molecule has 5 nitrogen and oxygen atoms in total. The Balaban J connectivity index is 1.75. The van der Waals surface area contributed by atoms with Gasteiger partial charge in [-0.25, -0.2) is 8.42 Å². The van der Waals surface area contributed by atoms with Crippen LogP contribution in [-0.2, 0) is 16.3 Å². The molecule has 7 heteroatoms. The molecule has 0 aliphatic heterocycles. The van der Waals surface area contributed by atoms with Crippen molar-refractivity contribution in [3.63, 3.8) is 0 Å². The molecule has 0 radical (unpaired) electrons. The molecule has 0 unspecified atom stereocenters. The Morgan fingerprint density at radius 2 is 1.63 bits per heavy atom. The average Bonchev–Trinajstić information content (AvgIpc) is 2.63. The number of hydrogen-bond donors (Lipinski definition) is 1. The predicted octanol–water partition coefficient (Wildman–Crippen LogP) is 3.98. The number of anilines is 1. The Morgan fingerprint density at radius 1 is 1.00 bits per heavy atom. The fourth-order valence-electron chi connectivity index (χ4n) is 2.55. The molecule has 2 aromatic carbocycles. The number of carbonyl (C=O) groups excluding carboxylic acids is 1. The van der Waals surface area contributed by atoms with Crippen LogP contribution in [0.15, 0.2) is 71.9 Å². The summed E-state index contributed by atoms with van der Waals surface area (Å²) in [6.45, 7) is 0. The third kappa shape index (κ3) is 4.93. The van der Waals surface area contributed by atoms with E-state index in [2.05, 4.69) is 10.3 Å². The maximum absolute atomic E-state index is 12.5. The van der Waals surface area contributed by atoms with Gasteiger partial charge >= 0.3 is 0 Å². The zero-order valence-electron chi connectivity index (χ0n) is 14.5. The highest BCUT2D eigenvalue weighted by Gasteiger charge is 2.15. The fourth-order valence-corrected chi connectivity index (χ4v) is 3.40. The van der Waals surface area contributed by atoms with Crippen molar-refractivity contribution >= 4 is 33.0 Å². The maximum Gasteiger partial charge on any atom is 0.257 e. The van der Waals surface area contributed by atoms with E-state index in [9.17, 15) is 13.2 Å². The maximum atomic E-state index is 12.5. The van der Waals surface area contributed by atoms with E-state index in [0.717, 1.165) is 23.8 Å². The topological polar surface area (TPSA) is 76.1 Å². The Labute approximate surface area is 163 Å². The summed E-state index contributed by atoms with van der Waals surface area (Å²) in [5.74, 6) is -0.465. The Kier molecular flexibility index (Phi) is 5.58. The number of nitrogens with zero attached hydrogens (tertiary/aromatic N) is 1. The van der Waals surface area contributed by atoms with Crippen LogP contribution < -0.4 is 5.32 Å². The van der Waals surface area contributed by atoms with Crippen molar-refractivity contribution in [1.82, 2.24) is 4.98 Å². The van der Waals surface area contributed by atoms with Crippen LogP contribution in [0.2, 0.25) is 5.02 Å². The highest BCUT2D eigenvalue weighted by molar-refractivity contribution is 7.90. The van der Waals surface area contributed by atoms with Crippen LogP contribution in [0, 0.1) is 0 Å². The predicted molar refractivity (Wildman–Crippen MR) is 106 cm³/mol. The van der Waals surface area contributed by atoms with Gasteiger partial charge < -0.3 is 5.32 Å². The molecule has 27 heavy (non-hydrogen) atoms. The highest BCUT2D eigenvalue weighted by atomic mass is 35.5. The standard InChI is InChI=1S/C20H17ClN2O3S/c1-27(25,26)17-6-7-19(21)18(13-17)20(24)23-16-4-2-14(3-5-16)12-15-8-10-22-11-9-15/h2-11,13H,12H2,1H3,(H,23,24). The molecule has 138 valence electrons. The van der Waals surface area contributed by atoms with E-state index in [1.165, 1.54) is 18.2 Å². The first-order valence-corrected chi connectivity index (χ1v) is 10.4. The molecule has 0 saturated heterocycles. The average molecular weight is 401 g/mol. The van der Waals surface area contributed by atoms with E-state index in [1.807, 2.05) is 24.3 Å². The summed E-state index contributed by atoms with van der Waals surface area (Å²) >= 11 is 6.06. The van der Waals surface area contributed by atoms with Gasteiger partial charge in [0.15, 0.2) is 9.84 Å². The fraction of sp³-hybridized carbons (Fsp3) is 0.100. The molecule has 0 saturated carbocycles. The van der Waals surface area contributed by atoms with Crippen molar-refractivity contribution in [1.29, 1.82) is 0 Å². The lowest BCUT2D eigenvalue weighted by Crippen LogP contribution is -2.13. The monoisotopic (exact) mass is 400 g/mol. The van der Waals surface area contributed by atoms with E-state index in [0.29, 0.717) is 5.69 Å². The zero-order valence-corrected chi connectivity index (χ0v) is 16.1. The lowest BCUT2D eigenvalue weighted by molar-refractivity contribution is 0.102. The normalized spacial score (nSPS) is 11.2. The molecular formula is C20H17ClN2O3S. The Hall–Kier alpha value is -2.70. The number of pyridine rings is 1. The number of rotatable bonds is 5. The van der Waals surface area contributed by atoms with Crippen LogP contribution in [0.25, 0.3) is 0 Å².